The lowest BCUT2D eigenvalue weighted by Gasteiger charge is -2.06. The fraction of sp³-hybridized carbons (Fsp3) is 0.286. The summed E-state index contributed by atoms with van der Waals surface area (Å²) in [6, 6.07) is 7.07. The van der Waals surface area contributed by atoms with Gasteiger partial charge in [0.05, 0.1) is 12.8 Å². The number of thiazole rings is 1. The molecule has 7 heteroatoms. The van der Waals surface area contributed by atoms with E-state index in [1.165, 1.54) is 11.3 Å². The summed E-state index contributed by atoms with van der Waals surface area (Å²) in [6.07, 6.45) is 2.01. The van der Waals surface area contributed by atoms with Crippen LogP contribution in [-0.2, 0) is 10.5 Å². The summed E-state index contributed by atoms with van der Waals surface area (Å²) in [7, 11) is 1.60. The van der Waals surface area contributed by atoms with Crippen LogP contribution in [-0.4, -0.2) is 30.9 Å². The fourth-order valence-electron chi connectivity index (χ4n) is 1.55. The average molecular weight is 324 g/mol. The maximum atomic E-state index is 11.8. The van der Waals surface area contributed by atoms with E-state index in [-0.39, 0.29) is 12.5 Å². The second-order valence-corrected chi connectivity index (χ2v) is 5.81. The summed E-state index contributed by atoms with van der Waals surface area (Å²) in [6.45, 7) is -0.0518. The lowest BCUT2D eigenvalue weighted by Crippen LogP contribution is -2.20. The standard InChI is InChI=1S/C14H16N2O3S2/c1-18-11-3-5-12(6-4-11)19-7-13(17)16-14-15-10(8-20-2)9-21-14/h3-6,9H,7-8H2,1-2H3,(H,15,16,17). The van der Waals surface area contributed by atoms with Gasteiger partial charge in [0, 0.05) is 11.1 Å². The van der Waals surface area contributed by atoms with E-state index >= 15 is 0 Å². The minimum atomic E-state index is -0.226. The Morgan fingerprint density at radius 2 is 2.05 bits per heavy atom. The highest BCUT2D eigenvalue weighted by atomic mass is 32.2. The molecule has 0 unspecified atom stereocenters. The first kappa shape index (κ1) is 15.7. The number of nitrogens with one attached hydrogen (secondary N) is 1. The Morgan fingerprint density at radius 3 is 2.71 bits per heavy atom. The average Bonchev–Trinajstić information content (AvgIpc) is 2.93. The van der Waals surface area contributed by atoms with Gasteiger partial charge in [0.25, 0.3) is 5.91 Å². The molecule has 2 aromatic rings. The summed E-state index contributed by atoms with van der Waals surface area (Å²) in [5, 5.41) is 5.26. The number of aromatic nitrogens is 1. The highest BCUT2D eigenvalue weighted by Crippen LogP contribution is 2.19. The van der Waals surface area contributed by atoms with Crippen molar-refractivity contribution in [3.8, 4) is 11.5 Å². The van der Waals surface area contributed by atoms with Gasteiger partial charge in [0.15, 0.2) is 11.7 Å². The number of nitrogens with zero attached hydrogens (tertiary/aromatic N) is 1. The molecule has 1 aromatic heterocycles. The zero-order valence-electron chi connectivity index (χ0n) is 11.8. The summed E-state index contributed by atoms with van der Waals surface area (Å²) < 4.78 is 10.5. The number of amides is 1. The summed E-state index contributed by atoms with van der Waals surface area (Å²) >= 11 is 3.11. The monoisotopic (exact) mass is 324 g/mol. The maximum absolute atomic E-state index is 11.8. The molecule has 2 rings (SSSR count). The lowest BCUT2D eigenvalue weighted by atomic mass is 10.3. The molecule has 0 saturated carbocycles. The molecule has 0 aliphatic heterocycles. The Balaban J connectivity index is 1.80. The molecular weight excluding hydrogens is 308 g/mol. The Hall–Kier alpha value is -1.73. The predicted octanol–water partition coefficient (Wildman–Crippen LogP) is 3.03. The number of rotatable bonds is 7. The Bertz CT molecular complexity index is 584. The molecule has 21 heavy (non-hydrogen) atoms. The van der Waals surface area contributed by atoms with E-state index in [4.69, 9.17) is 9.47 Å². The first-order chi connectivity index (χ1) is 10.2. The number of anilines is 1. The number of carbonyl (C=O) groups is 1. The van der Waals surface area contributed by atoms with Crippen molar-refractivity contribution in [3.63, 3.8) is 0 Å². The number of ether oxygens (including phenoxy) is 2. The number of benzene rings is 1. The van der Waals surface area contributed by atoms with Crippen LogP contribution < -0.4 is 14.8 Å². The van der Waals surface area contributed by atoms with Gasteiger partial charge in [-0.1, -0.05) is 0 Å². The smallest absolute Gasteiger partial charge is 0.264 e. The zero-order valence-corrected chi connectivity index (χ0v) is 13.4. The van der Waals surface area contributed by atoms with Crippen molar-refractivity contribution in [1.82, 2.24) is 4.98 Å². The molecule has 0 fully saturated rings. The zero-order chi connectivity index (χ0) is 15.1. The van der Waals surface area contributed by atoms with E-state index in [9.17, 15) is 4.79 Å². The molecule has 112 valence electrons. The van der Waals surface area contributed by atoms with Crippen molar-refractivity contribution in [2.75, 3.05) is 25.3 Å². The van der Waals surface area contributed by atoms with Crippen molar-refractivity contribution >= 4 is 34.1 Å². The number of hydrogen-bond donors (Lipinski definition) is 1. The number of thioether (sulfide) groups is 1. The van der Waals surface area contributed by atoms with Gasteiger partial charge >= 0.3 is 0 Å². The second-order valence-electron chi connectivity index (χ2n) is 4.09. The molecule has 0 aliphatic rings. The molecule has 0 aliphatic carbocycles. The fourth-order valence-corrected chi connectivity index (χ4v) is 2.83. The van der Waals surface area contributed by atoms with Crippen LogP contribution in [0.5, 0.6) is 11.5 Å². The third kappa shape index (κ3) is 4.95. The van der Waals surface area contributed by atoms with Crippen LogP contribution in [0.4, 0.5) is 5.13 Å². The summed E-state index contributed by atoms with van der Waals surface area (Å²) in [5.41, 5.74) is 0.971. The first-order valence-electron chi connectivity index (χ1n) is 6.21. The second kappa shape index (κ2) is 7.90. The molecule has 1 N–H and O–H groups in total. The Kier molecular flexibility index (Phi) is 5.89. The quantitative estimate of drug-likeness (QED) is 0.848. The van der Waals surface area contributed by atoms with Crippen LogP contribution in [0, 0.1) is 0 Å². The van der Waals surface area contributed by atoms with E-state index in [1.54, 1.807) is 43.1 Å². The molecular formula is C14H16N2O3S2. The predicted molar refractivity (Wildman–Crippen MR) is 86.5 cm³/mol. The van der Waals surface area contributed by atoms with E-state index in [1.807, 2.05) is 11.6 Å². The van der Waals surface area contributed by atoms with Crippen molar-refractivity contribution in [1.29, 1.82) is 0 Å². The van der Waals surface area contributed by atoms with Gasteiger partial charge < -0.3 is 9.47 Å². The minimum Gasteiger partial charge on any atom is -0.497 e. The summed E-state index contributed by atoms with van der Waals surface area (Å²) in [4.78, 5) is 16.1. The molecule has 0 bridgehead atoms. The molecule has 0 spiro atoms. The molecule has 0 radical (unpaired) electrons. The van der Waals surface area contributed by atoms with Crippen molar-refractivity contribution in [3.05, 3.63) is 35.3 Å². The van der Waals surface area contributed by atoms with Gasteiger partial charge in [-0.05, 0) is 30.5 Å². The number of carbonyl (C=O) groups excluding carboxylic acids is 1. The third-order valence-corrected chi connectivity index (χ3v) is 3.91. The molecule has 0 saturated heterocycles. The van der Waals surface area contributed by atoms with Crippen LogP contribution in [0.1, 0.15) is 5.69 Å². The number of hydrogen-bond acceptors (Lipinski definition) is 6. The SMILES string of the molecule is COc1ccc(OCC(=O)Nc2nc(CSC)cs2)cc1. The Morgan fingerprint density at radius 1 is 1.33 bits per heavy atom. The highest BCUT2D eigenvalue weighted by molar-refractivity contribution is 7.97. The summed E-state index contributed by atoms with van der Waals surface area (Å²) in [5.74, 6) is 1.98. The van der Waals surface area contributed by atoms with Crippen LogP contribution in [0.15, 0.2) is 29.6 Å². The molecule has 1 amide bonds. The molecule has 1 heterocycles. The van der Waals surface area contributed by atoms with Gasteiger partial charge in [-0.2, -0.15) is 11.8 Å². The van der Waals surface area contributed by atoms with Crippen molar-refractivity contribution in [2.24, 2.45) is 0 Å². The lowest BCUT2D eigenvalue weighted by molar-refractivity contribution is -0.118. The van der Waals surface area contributed by atoms with Crippen LogP contribution in [0.25, 0.3) is 0 Å². The maximum Gasteiger partial charge on any atom is 0.264 e. The Labute approximate surface area is 131 Å². The third-order valence-electron chi connectivity index (χ3n) is 2.52. The van der Waals surface area contributed by atoms with Gasteiger partial charge in [0.1, 0.15) is 11.5 Å². The first-order valence-corrected chi connectivity index (χ1v) is 8.48. The van der Waals surface area contributed by atoms with Gasteiger partial charge in [-0.15, -0.1) is 11.3 Å². The van der Waals surface area contributed by atoms with Crippen LogP contribution in [0.2, 0.25) is 0 Å². The van der Waals surface area contributed by atoms with E-state index in [0.29, 0.717) is 10.9 Å². The van der Waals surface area contributed by atoms with Crippen LogP contribution in [0.3, 0.4) is 0 Å². The van der Waals surface area contributed by atoms with E-state index in [0.717, 1.165) is 17.2 Å². The highest BCUT2D eigenvalue weighted by Gasteiger charge is 2.07. The molecule has 0 atom stereocenters. The van der Waals surface area contributed by atoms with E-state index in [2.05, 4.69) is 10.3 Å². The van der Waals surface area contributed by atoms with Crippen molar-refractivity contribution < 1.29 is 14.3 Å². The van der Waals surface area contributed by atoms with Gasteiger partial charge in [0.2, 0.25) is 0 Å². The largest absolute Gasteiger partial charge is 0.497 e. The number of methoxy groups -OCH3 is 1. The normalized spacial score (nSPS) is 10.2. The topological polar surface area (TPSA) is 60.5 Å². The minimum absolute atomic E-state index is 0.0518. The molecule has 1 aromatic carbocycles. The molecule has 5 nitrogen and oxygen atoms in total. The van der Waals surface area contributed by atoms with Crippen molar-refractivity contribution in [2.45, 2.75) is 5.75 Å². The van der Waals surface area contributed by atoms with Gasteiger partial charge in [-0.3, -0.25) is 10.1 Å². The van der Waals surface area contributed by atoms with Crippen LogP contribution >= 0.6 is 23.1 Å². The van der Waals surface area contributed by atoms with E-state index < -0.39 is 0 Å². The van der Waals surface area contributed by atoms with Gasteiger partial charge in [-0.25, -0.2) is 4.98 Å².